The number of aryl methyl sites for hydroxylation is 2. The van der Waals surface area contributed by atoms with Gasteiger partial charge in [-0.3, -0.25) is 4.68 Å². The molecule has 0 unspecified atom stereocenters. The fraction of sp³-hybridized carbons (Fsp3) is 0.400. The molecule has 0 fully saturated rings. The maximum Gasteiger partial charge on any atom is 0.129 e. The Morgan fingerprint density at radius 2 is 2.05 bits per heavy atom. The first kappa shape index (κ1) is 14.1. The SMILES string of the molecule is CCc1nn(CC)c(-c2ccc(Br)cc2OC)c1C. The van der Waals surface area contributed by atoms with Crippen molar-refractivity contribution in [3.8, 4) is 17.0 Å². The van der Waals surface area contributed by atoms with Crippen molar-refractivity contribution in [1.29, 1.82) is 0 Å². The lowest BCUT2D eigenvalue weighted by Gasteiger charge is -2.11. The summed E-state index contributed by atoms with van der Waals surface area (Å²) in [6.45, 7) is 7.24. The van der Waals surface area contributed by atoms with Gasteiger partial charge in [0.25, 0.3) is 0 Å². The zero-order valence-electron chi connectivity index (χ0n) is 11.8. The van der Waals surface area contributed by atoms with E-state index in [0.29, 0.717) is 0 Å². The number of benzene rings is 1. The number of hydrogen-bond donors (Lipinski definition) is 0. The molecule has 2 rings (SSSR count). The summed E-state index contributed by atoms with van der Waals surface area (Å²) >= 11 is 3.48. The van der Waals surface area contributed by atoms with E-state index in [1.54, 1.807) is 7.11 Å². The van der Waals surface area contributed by atoms with Crippen molar-refractivity contribution in [3.05, 3.63) is 33.9 Å². The summed E-state index contributed by atoms with van der Waals surface area (Å²) in [7, 11) is 1.70. The first-order valence-corrected chi connectivity index (χ1v) is 7.31. The predicted octanol–water partition coefficient (Wildman–Crippen LogP) is 4.21. The predicted molar refractivity (Wildman–Crippen MR) is 81.7 cm³/mol. The van der Waals surface area contributed by atoms with Crippen LogP contribution in [-0.2, 0) is 13.0 Å². The van der Waals surface area contributed by atoms with Gasteiger partial charge in [-0.15, -0.1) is 0 Å². The number of methoxy groups -OCH3 is 1. The maximum atomic E-state index is 5.51. The number of nitrogens with zero attached hydrogens (tertiary/aromatic N) is 2. The maximum absolute atomic E-state index is 5.51. The molecule has 1 heterocycles. The second-order valence-electron chi connectivity index (χ2n) is 4.43. The van der Waals surface area contributed by atoms with E-state index in [4.69, 9.17) is 4.74 Å². The van der Waals surface area contributed by atoms with Gasteiger partial charge in [0.15, 0.2) is 0 Å². The van der Waals surface area contributed by atoms with Crippen LogP contribution in [0.2, 0.25) is 0 Å². The molecule has 1 aromatic heterocycles. The van der Waals surface area contributed by atoms with Crippen LogP contribution in [0.3, 0.4) is 0 Å². The van der Waals surface area contributed by atoms with Gasteiger partial charge in [-0.1, -0.05) is 22.9 Å². The number of ether oxygens (including phenoxy) is 1. The quantitative estimate of drug-likeness (QED) is 0.843. The topological polar surface area (TPSA) is 27.1 Å². The third-order valence-electron chi connectivity index (χ3n) is 3.34. The van der Waals surface area contributed by atoms with E-state index in [0.717, 1.165) is 40.1 Å². The molecule has 1 aromatic carbocycles. The molecule has 0 bridgehead atoms. The van der Waals surface area contributed by atoms with Gasteiger partial charge in [0.1, 0.15) is 5.75 Å². The highest BCUT2D eigenvalue weighted by atomic mass is 79.9. The molecule has 0 aliphatic carbocycles. The Morgan fingerprint density at radius 3 is 2.63 bits per heavy atom. The highest BCUT2D eigenvalue weighted by molar-refractivity contribution is 9.10. The van der Waals surface area contributed by atoms with Crippen LogP contribution < -0.4 is 4.74 Å². The zero-order valence-corrected chi connectivity index (χ0v) is 13.4. The van der Waals surface area contributed by atoms with Crippen LogP contribution in [-0.4, -0.2) is 16.9 Å². The lowest BCUT2D eigenvalue weighted by molar-refractivity contribution is 0.415. The van der Waals surface area contributed by atoms with Gasteiger partial charge in [-0.25, -0.2) is 0 Å². The Kier molecular flexibility index (Phi) is 4.30. The van der Waals surface area contributed by atoms with Crippen LogP contribution in [0.25, 0.3) is 11.3 Å². The van der Waals surface area contributed by atoms with Crippen molar-refractivity contribution < 1.29 is 4.74 Å². The number of halogens is 1. The molecule has 0 aliphatic rings. The van der Waals surface area contributed by atoms with Gasteiger partial charge in [0.2, 0.25) is 0 Å². The van der Waals surface area contributed by atoms with E-state index in [1.165, 1.54) is 5.56 Å². The van der Waals surface area contributed by atoms with E-state index >= 15 is 0 Å². The second kappa shape index (κ2) is 5.78. The van der Waals surface area contributed by atoms with Crippen molar-refractivity contribution in [1.82, 2.24) is 9.78 Å². The molecule has 19 heavy (non-hydrogen) atoms. The monoisotopic (exact) mass is 322 g/mol. The van der Waals surface area contributed by atoms with Gasteiger partial charge in [0, 0.05) is 16.6 Å². The molecule has 0 N–H and O–H groups in total. The summed E-state index contributed by atoms with van der Waals surface area (Å²) in [6, 6.07) is 6.11. The van der Waals surface area contributed by atoms with E-state index in [2.05, 4.69) is 52.5 Å². The molecular formula is C15H19BrN2O. The van der Waals surface area contributed by atoms with E-state index < -0.39 is 0 Å². The average Bonchev–Trinajstić information content (AvgIpc) is 2.75. The molecule has 0 saturated carbocycles. The van der Waals surface area contributed by atoms with Crippen molar-refractivity contribution in [3.63, 3.8) is 0 Å². The lowest BCUT2D eigenvalue weighted by atomic mass is 10.0. The standard InChI is InChI=1S/C15H19BrN2O/c1-5-13-10(3)15(18(6-2)17-13)12-8-7-11(16)9-14(12)19-4/h7-9H,5-6H2,1-4H3. The van der Waals surface area contributed by atoms with Crippen molar-refractivity contribution in [2.24, 2.45) is 0 Å². The molecule has 4 heteroatoms. The van der Waals surface area contributed by atoms with Crippen LogP contribution in [0.5, 0.6) is 5.75 Å². The number of aromatic nitrogens is 2. The highest BCUT2D eigenvalue weighted by Gasteiger charge is 2.17. The summed E-state index contributed by atoms with van der Waals surface area (Å²) in [5.41, 5.74) is 4.65. The van der Waals surface area contributed by atoms with Crippen molar-refractivity contribution in [2.75, 3.05) is 7.11 Å². The molecule has 0 amide bonds. The second-order valence-corrected chi connectivity index (χ2v) is 5.35. The largest absolute Gasteiger partial charge is 0.496 e. The van der Waals surface area contributed by atoms with Gasteiger partial charge < -0.3 is 4.74 Å². The average molecular weight is 323 g/mol. The van der Waals surface area contributed by atoms with Gasteiger partial charge >= 0.3 is 0 Å². The van der Waals surface area contributed by atoms with Crippen LogP contribution in [0.15, 0.2) is 22.7 Å². The van der Waals surface area contributed by atoms with Crippen LogP contribution in [0.4, 0.5) is 0 Å². The summed E-state index contributed by atoms with van der Waals surface area (Å²) in [6.07, 6.45) is 0.949. The highest BCUT2D eigenvalue weighted by Crippen LogP contribution is 2.35. The molecule has 0 saturated heterocycles. The minimum absolute atomic E-state index is 0.857. The van der Waals surface area contributed by atoms with Crippen LogP contribution in [0, 0.1) is 6.92 Å². The molecule has 0 aliphatic heterocycles. The first-order valence-electron chi connectivity index (χ1n) is 6.52. The molecule has 0 atom stereocenters. The molecule has 102 valence electrons. The van der Waals surface area contributed by atoms with Gasteiger partial charge in [-0.05, 0) is 44.0 Å². The molecule has 0 spiro atoms. The molecule has 0 radical (unpaired) electrons. The fourth-order valence-electron chi connectivity index (χ4n) is 2.37. The zero-order chi connectivity index (χ0) is 14.0. The Hall–Kier alpha value is -1.29. The van der Waals surface area contributed by atoms with Crippen molar-refractivity contribution in [2.45, 2.75) is 33.7 Å². The van der Waals surface area contributed by atoms with E-state index in [-0.39, 0.29) is 0 Å². The smallest absolute Gasteiger partial charge is 0.129 e. The summed E-state index contributed by atoms with van der Waals surface area (Å²) in [5, 5.41) is 4.67. The number of rotatable bonds is 4. The normalized spacial score (nSPS) is 10.8. The fourth-order valence-corrected chi connectivity index (χ4v) is 2.71. The van der Waals surface area contributed by atoms with Gasteiger partial charge in [-0.2, -0.15) is 5.10 Å². The van der Waals surface area contributed by atoms with Crippen LogP contribution >= 0.6 is 15.9 Å². The number of hydrogen-bond acceptors (Lipinski definition) is 2. The Balaban J connectivity index is 2.67. The van der Waals surface area contributed by atoms with E-state index in [1.807, 2.05) is 12.1 Å². The minimum atomic E-state index is 0.857. The van der Waals surface area contributed by atoms with Crippen molar-refractivity contribution >= 4 is 15.9 Å². The third-order valence-corrected chi connectivity index (χ3v) is 3.83. The Labute approximate surface area is 122 Å². The first-order chi connectivity index (χ1) is 9.12. The van der Waals surface area contributed by atoms with Gasteiger partial charge in [0.05, 0.1) is 18.5 Å². The van der Waals surface area contributed by atoms with Crippen LogP contribution in [0.1, 0.15) is 25.1 Å². The lowest BCUT2D eigenvalue weighted by Crippen LogP contribution is -2.01. The molecular weight excluding hydrogens is 304 g/mol. The Bertz CT molecular complexity index is 590. The molecule has 2 aromatic rings. The minimum Gasteiger partial charge on any atom is -0.496 e. The summed E-state index contributed by atoms with van der Waals surface area (Å²) < 4.78 is 8.58. The third kappa shape index (κ3) is 2.54. The molecule has 3 nitrogen and oxygen atoms in total. The van der Waals surface area contributed by atoms with E-state index in [9.17, 15) is 0 Å². The summed E-state index contributed by atoms with van der Waals surface area (Å²) in [4.78, 5) is 0. The summed E-state index contributed by atoms with van der Waals surface area (Å²) in [5.74, 6) is 0.870. The Morgan fingerprint density at radius 1 is 1.32 bits per heavy atom.